The van der Waals surface area contributed by atoms with E-state index in [0.29, 0.717) is 27.3 Å². The van der Waals surface area contributed by atoms with Gasteiger partial charge in [0.15, 0.2) is 5.65 Å². The second-order valence-electron chi connectivity index (χ2n) is 5.16. The van der Waals surface area contributed by atoms with Crippen LogP contribution in [0.2, 0.25) is 5.02 Å². The van der Waals surface area contributed by atoms with Crippen LogP contribution in [0.1, 0.15) is 5.56 Å². The summed E-state index contributed by atoms with van der Waals surface area (Å²) in [5, 5.41) is 8.27. The molecule has 0 aliphatic rings. The Morgan fingerprint density at radius 2 is 1.91 bits per heavy atom. The normalized spacial score (nSPS) is 11.4. The molecule has 0 radical (unpaired) electrons. The number of hydrogen-bond donors (Lipinski definition) is 1. The van der Waals surface area contributed by atoms with E-state index in [4.69, 9.17) is 11.6 Å². The van der Waals surface area contributed by atoms with E-state index in [1.807, 2.05) is 31.2 Å². The monoisotopic (exact) mass is 310 g/mol. The number of H-pyrrole nitrogens is 1. The Balaban J connectivity index is 2.09. The van der Waals surface area contributed by atoms with Crippen LogP contribution >= 0.6 is 11.6 Å². The van der Waals surface area contributed by atoms with E-state index in [0.717, 1.165) is 11.1 Å². The molecule has 0 saturated heterocycles. The van der Waals surface area contributed by atoms with Gasteiger partial charge < -0.3 is 0 Å². The Kier molecular flexibility index (Phi) is 2.77. The maximum atomic E-state index is 12.2. The van der Waals surface area contributed by atoms with Crippen molar-refractivity contribution >= 4 is 28.2 Å². The van der Waals surface area contributed by atoms with Crippen molar-refractivity contribution in [3.8, 4) is 11.3 Å². The van der Waals surface area contributed by atoms with E-state index in [9.17, 15) is 4.79 Å². The lowest BCUT2D eigenvalue weighted by Crippen LogP contribution is -2.10. The van der Waals surface area contributed by atoms with Crippen molar-refractivity contribution in [2.24, 2.45) is 0 Å². The summed E-state index contributed by atoms with van der Waals surface area (Å²) in [6.45, 7) is 2.02. The fourth-order valence-corrected chi connectivity index (χ4v) is 2.67. The van der Waals surface area contributed by atoms with E-state index in [-0.39, 0.29) is 5.56 Å². The van der Waals surface area contributed by atoms with Crippen LogP contribution in [0, 0.1) is 6.92 Å². The molecule has 0 unspecified atom stereocenters. The van der Waals surface area contributed by atoms with Gasteiger partial charge in [-0.05, 0) is 25.1 Å². The van der Waals surface area contributed by atoms with Gasteiger partial charge in [0.25, 0.3) is 5.56 Å². The number of nitrogens with zero attached hydrogens (tertiary/aromatic N) is 3. The predicted molar refractivity (Wildman–Crippen MR) is 86.3 cm³/mol. The van der Waals surface area contributed by atoms with Gasteiger partial charge in [0.2, 0.25) is 0 Å². The lowest BCUT2D eigenvalue weighted by Gasteiger charge is -2.02. The Labute approximate surface area is 130 Å². The molecule has 0 atom stereocenters. The van der Waals surface area contributed by atoms with Crippen molar-refractivity contribution in [3.05, 3.63) is 63.4 Å². The molecule has 2 heterocycles. The summed E-state index contributed by atoms with van der Waals surface area (Å²) in [6.07, 6.45) is 0. The van der Waals surface area contributed by atoms with Crippen molar-refractivity contribution in [2.75, 3.05) is 0 Å². The number of aromatic amines is 1. The van der Waals surface area contributed by atoms with Crippen molar-refractivity contribution in [1.29, 1.82) is 0 Å². The van der Waals surface area contributed by atoms with Gasteiger partial charge in [0.1, 0.15) is 5.69 Å². The molecule has 108 valence electrons. The van der Waals surface area contributed by atoms with Crippen molar-refractivity contribution in [2.45, 2.75) is 6.92 Å². The van der Waals surface area contributed by atoms with Crippen LogP contribution in [0.3, 0.4) is 0 Å². The van der Waals surface area contributed by atoms with Gasteiger partial charge >= 0.3 is 0 Å². The summed E-state index contributed by atoms with van der Waals surface area (Å²) in [5.74, 6) is 0. The van der Waals surface area contributed by atoms with Gasteiger partial charge in [-0.1, -0.05) is 41.4 Å². The van der Waals surface area contributed by atoms with E-state index < -0.39 is 0 Å². The number of nitrogens with one attached hydrogen (secondary N) is 1. The first-order valence-corrected chi connectivity index (χ1v) is 7.15. The lowest BCUT2D eigenvalue weighted by atomic mass is 10.1. The number of benzene rings is 2. The molecule has 2 aromatic heterocycles. The molecule has 2 aromatic carbocycles. The van der Waals surface area contributed by atoms with Gasteiger partial charge in [-0.25, -0.2) is 9.73 Å². The summed E-state index contributed by atoms with van der Waals surface area (Å²) in [5.41, 5.74) is 3.56. The second kappa shape index (κ2) is 4.68. The molecular formula is C16H11ClN4O. The third kappa shape index (κ3) is 1.90. The van der Waals surface area contributed by atoms with Gasteiger partial charge in [0, 0.05) is 10.6 Å². The van der Waals surface area contributed by atoms with E-state index in [1.165, 1.54) is 0 Å². The minimum absolute atomic E-state index is 0.290. The average molecular weight is 311 g/mol. The summed E-state index contributed by atoms with van der Waals surface area (Å²) >= 11 is 6.04. The van der Waals surface area contributed by atoms with Crippen LogP contribution < -0.4 is 5.56 Å². The Morgan fingerprint density at radius 3 is 2.68 bits per heavy atom. The highest BCUT2D eigenvalue weighted by Crippen LogP contribution is 2.23. The largest absolute Gasteiger partial charge is 0.281 e. The van der Waals surface area contributed by atoms with Crippen molar-refractivity contribution in [3.63, 3.8) is 0 Å². The fourth-order valence-electron chi connectivity index (χ4n) is 2.51. The zero-order chi connectivity index (χ0) is 15.3. The second-order valence-corrected chi connectivity index (χ2v) is 5.60. The number of aryl methyl sites for hydroxylation is 1. The molecule has 0 spiro atoms. The molecule has 0 amide bonds. The highest BCUT2D eigenvalue weighted by atomic mass is 35.5. The average Bonchev–Trinajstić information content (AvgIpc) is 2.92. The summed E-state index contributed by atoms with van der Waals surface area (Å²) in [7, 11) is 0. The molecule has 0 fully saturated rings. The van der Waals surface area contributed by atoms with E-state index >= 15 is 0 Å². The Bertz CT molecular complexity index is 1060. The van der Waals surface area contributed by atoms with Crippen LogP contribution in [0.4, 0.5) is 0 Å². The number of fused-ring (bicyclic) bond motifs is 3. The third-order valence-electron chi connectivity index (χ3n) is 3.65. The van der Waals surface area contributed by atoms with Crippen molar-refractivity contribution in [1.82, 2.24) is 19.8 Å². The van der Waals surface area contributed by atoms with Gasteiger partial charge in [-0.3, -0.25) is 4.79 Å². The summed E-state index contributed by atoms with van der Waals surface area (Å²) < 4.78 is 1.68. The van der Waals surface area contributed by atoms with Gasteiger partial charge in [-0.15, -0.1) is 0 Å². The van der Waals surface area contributed by atoms with Crippen molar-refractivity contribution < 1.29 is 0 Å². The quantitative estimate of drug-likeness (QED) is 0.587. The first kappa shape index (κ1) is 13.0. The first-order valence-electron chi connectivity index (χ1n) is 6.77. The Morgan fingerprint density at radius 1 is 1.14 bits per heavy atom. The number of aromatic nitrogens is 4. The summed E-state index contributed by atoms with van der Waals surface area (Å²) in [6, 6.07) is 13.0. The smallest absolute Gasteiger partial charge is 0.267 e. The van der Waals surface area contributed by atoms with Crippen LogP contribution in [-0.2, 0) is 0 Å². The SMILES string of the molecule is Cc1ccc(-c2n[nH]n3c2nc(=O)c2ccc(Cl)cc23)cc1. The number of halogens is 1. The molecule has 0 saturated carbocycles. The van der Waals surface area contributed by atoms with E-state index in [1.54, 1.807) is 22.7 Å². The topological polar surface area (TPSA) is 63.1 Å². The predicted octanol–water partition coefficient (Wildman–Crippen LogP) is 3.20. The maximum absolute atomic E-state index is 12.2. The third-order valence-corrected chi connectivity index (χ3v) is 3.88. The molecule has 5 nitrogen and oxygen atoms in total. The minimum atomic E-state index is -0.290. The molecule has 4 aromatic rings. The van der Waals surface area contributed by atoms with Gasteiger partial charge in [0.05, 0.1) is 10.9 Å². The summed E-state index contributed by atoms with van der Waals surface area (Å²) in [4.78, 5) is 16.4. The Hall–Kier alpha value is -2.66. The number of rotatable bonds is 1. The standard InChI is InChI=1S/C16H11ClN4O/c1-9-2-4-10(5-3-9)14-15-18-16(22)12-7-6-11(17)8-13(12)21(15)20-19-14/h2-8,20H,1H3. The molecule has 6 heteroatoms. The van der Waals surface area contributed by atoms with E-state index in [2.05, 4.69) is 15.3 Å². The molecule has 0 bridgehead atoms. The first-order chi connectivity index (χ1) is 10.6. The van der Waals surface area contributed by atoms with Gasteiger partial charge in [-0.2, -0.15) is 10.1 Å². The number of hydrogen-bond acceptors (Lipinski definition) is 3. The zero-order valence-electron chi connectivity index (χ0n) is 11.7. The van der Waals surface area contributed by atoms with Crippen LogP contribution in [0.15, 0.2) is 47.3 Å². The fraction of sp³-hybridized carbons (Fsp3) is 0.0625. The molecule has 22 heavy (non-hydrogen) atoms. The maximum Gasteiger partial charge on any atom is 0.281 e. The molecular weight excluding hydrogens is 300 g/mol. The molecule has 4 rings (SSSR count). The molecule has 0 aliphatic carbocycles. The molecule has 0 aliphatic heterocycles. The van der Waals surface area contributed by atoms with Crippen LogP contribution in [0.5, 0.6) is 0 Å². The molecule has 1 N–H and O–H groups in total. The van der Waals surface area contributed by atoms with Crippen LogP contribution in [0.25, 0.3) is 27.8 Å². The highest BCUT2D eigenvalue weighted by molar-refractivity contribution is 6.31. The highest BCUT2D eigenvalue weighted by Gasteiger charge is 2.13. The lowest BCUT2D eigenvalue weighted by molar-refractivity contribution is 0.874. The zero-order valence-corrected chi connectivity index (χ0v) is 12.4. The van der Waals surface area contributed by atoms with Crippen LogP contribution in [-0.4, -0.2) is 19.8 Å². The minimum Gasteiger partial charge on any atom is -0.267 e.